The fraction of sp³-hybridized carbons (Fsp3) is 0.120. The molecule has 0 saturated heterocycles. The van der Waals surface area contributed by atoms with E-state index in [1.165, 1.54) is 23.5 Å². The second kappa shape index (κ2) is 9.22. The van der Waals surface area contributed by atoms with Gasteiger partial charge < -0.3 is 15.0 Å². The Morgan fingerprint density at radius 2 is 1.64 bits per heavy atom. The van der Waals surface area contributed by atoms with Crippen molar-refractivity contribution in [1.29, 1.82) is 0 Å². The van der Waals surface area contributed by atoms with Crippen molar-refractivity contribution in [2.24, 2.45) is 4.99 Å². The molecule has 2 amide bonds. The normalized spacial score (nSPS) is 12.5. The van der Waals surface area contributed by atoms with Crippen molar-refractivity contribution >= 4 is 45.0 Å². The lowest BCUT2D eigenvalue weighted by Gasteiger charge is -2.16. The van der Waals surface area contributed by atoms with Crippen molar-refractivity contribution in [3.8, 4) is 0 Å². The average molecular weight is 460 g/mol. The zero-order valence-electron chi connectivity index (χ0n) is 18.0. The van der Waals surface area contributed by atoms with Crippen LogP contribution in [0.4, 0.5) is 5.69 Å². The predicted octanol–water partition coefficient (Wildman–Crippen LogP) is 4.65. The quantitative estimate of drug-likeness (QED) is 0.454. The highest BCUT2D eigenvalue weighted by Crippen LogP contribution is 2.23. The van der Waals surface area contributed by atoms with Gasteiger partial charge in [-0.1, -0.05) is 53.3 Å². The van der Waals surface area contributed by atoms with Gasteiger partial charge in [0.2, 0.25) is 5.91 Å². The van der Waals surface area contributed by atoms with Gasteiger partial charge in [-0.15, -0.1) is 0 Å². The summed E-state index contributed by atoms with van der Waals surface area (Å²) in [6.45, 7) is 3.63. The summed E-state index contributed by atoms with van der Waals surface area (Å²) in [5.41, 5.74) is 2.45. The van der Waals surface area contributed by atoms with Crippen molar-refractivity contribution in [3.63, 3.8) is 0 Å². The van der Waals surface area contributed by atoms with E-state index in [1.807, 2.05) is 43.3 Å². The van der Waals surface area contributed by atoms with Crippen LogP contribution in [0.2, 0.25) is 0 Å². The van der Waals surface area contributed by atoms with Crippen LogP contribution in [0.3, 0.4) is 0 Å². The van der Waals surface area contributed by atoms with E-state index in [0.717, 1.165) is 15.8 Å². The number of anilines is 1. The number of amides is 2. The lowest BCUT2D eigenvalue weighted by Crippen LogP contribution is -2.30. The number of nitrogens with zero attached hydrogens (tertiary/aromatic N) is 2. The Hall–Kier alpha value is -4.04. The van der Waals surface area contributed by atoms with Gasteiger partial charge in [-0.25, -0.2) is 4.79 Å². The van der Waals surface area contributed by atoms with E-state index in [1.54, 1.807) is 35.8 Å². The smallest absolute Gasteiger partial charge is 0.337 e. The number of aromatic nitrogens is 1. The first-order valence-corrected chi connectivity index (χ1v) is 11.1. The number of para-hydroxylation sites is 2. The summed E-state index contributed by atoms with van der Waals surface area (Å²) in [6, 6.07) is 20.1. The first kappa shape index (κ1) is 22.2. The summed E-state index contributed by atoms with van der Waals surface area (Å²) in [7, 11) is 0. The number of carboxylic acid groups (broad SMARTS) is 1. The highest BCUT2D eigenvalue weighted by Gasteiger charge is 2.22. The van der Waals surface area contributed by atoms with E-state index in [4.69, 9.17) is 0 Å². The Morgan fingerprint density at radius 3 is 2.36 bits per heavy atom. The van der Waals surface area contributed by atoms with Crippen molar-refractivity contribution in [3.05, 3.63) is 94.3 Å². The van der Waals surface area contributed by atoms with Crippen molar-refractivity contribution in [2.75, 3.05) is 5.32 Å². The van der Waals surface area contributed by atoms with Crippen LogP contribution in [0.5, 0.6) is 0 Å². The topological polar surface area (TPSA) is 101 Å². The van der Waals surface area contributed by atoms with Gasteiger partial charge >= 0.3 is 5.97 Å². The molecule has 0 bridgehead atoms. The Morgan fingerprint density at radius 1 is 0.970 bits per heavy atom. The molecule has 1 unspecified atom stereocenters. The maximum atomic E-state index is 13.1. The molecular weight excluding hydrogens is 438 g/mol. The molecule has 2 N–H and O–H groups in total. The number of aryl methyl sites for hydroxylation is 1. The number of fused-ring (bicyclic) bond motifs is 1. The van der Waals surface area contributed by atoms with Crippen molar-refractivity contribution < 1.29 is 19.5 Å². The molecule has 0 aliphatic heterocycles. The molecule has 0 radical (unpaired) electrons. The number of carboxylic acids is 1. The van der Waals surface area contributed by atoms with E-state index in [0.29, 0.717) is 10.4 Å². The van der Waals surface area contributed by atoms with E-state index in [-0.39, 0.29) is 11.3 Å². The first-order valence-electron chi connectivity index (χ1n) is 10.2. The molecule has 0 fully saturated rings. The molecule has 3 aromatic carbocycles. The SMILES string of the molecule is Cc1ccc(C(=O)N=c2sc3ccccc3n2C(C)C(=O)Nc2ccccc2C(=O)O)cc1. The third-order valence-electron chi connectivity index (χ3n) is 5.21. The van der Waals surface area contributed by atoms with Crippen LogP contribution in [0.25, 0.3) is 10.2 Å². The van der Waals surface area contributed by atoms with Crippen LogP contribution in [0, 0.1) is 6.92 Å². The van der Waals surface area contributed by atoms with Crippen LogP contribution in [0.1, 0.15) is 39.2 Å². The molecule has 0 aliphatic carbocycles. The minimum Gasteiger partial charge on any atom is -0.478 e. The largest absolute Gasteiger partial charge is 0.478 e. The van der Waals surface area contributed by atoms with E-state index < -0.39 is 23.8 Å². The minimum atomic E-state index is -1.13. The molecule has 166 valence electrons. The van der Waals surface area contributed by atoms with Gasteiger partial charge in [-0.2, -0.15) is 4.99 Å². The Kier molecular flexibility index (Phi) is 6.19. The standard InChI is InChI=1S/C25H21N3O4S/c1-15-11-13-17(14-12-15)23(30)27-25-28(20-9-5-6-10-21(20)33-25)16(2)22(29)26-19-8-4-3-7-18(19)24(31)32/h3-14,16H,1-2H3,(H,26,29)(H,31,32). The van der Waals surface area contributed by atoms with Crippen LogP contribution < -0.4 is 10.1 Å². The molecule has 0 saturated carbocycles. The molecule has 1 heterocycles. The van der Waals surface area contributed by atoms with Crippen molar-refractivity contribution in [2.45, 2.75) is 19.9 Å². The Labute approximate surface area is 193 Å². The van der Waals surface area contributed by atoms with E-state index in [9.17, 15) is 19.5 Å². The van der Waals surface area contributed by atoms with E-state index in [2.05, 4.69) is 10.3 Å². The number of rotatable bonds is 5. The van der Waals surface area contributed by atoms with Gasteiger partial charge in [0, 0.05) is 5.56 Å². The number of carbonyl (C=O) groups is 3. The fourth-order valence-electron chi connectivity index (χ4n) is 3.42. The summed E-state index contributed by atoms with van der Waals surface area (Å²) >= 11 is 1.31. The van der Waals surface area contributed by atoms with Crippen LogP contribution in [-0.4, -0.2) is 27.5 Å². The summed E-state index contributed by atoms with van der Waals surface area (Å²) in [5.74, 6) is -1.96. The molecule has 4 rings (SSSR count). The number of benzene rings is 3. The van der Waals surface area contributed by atoms with Crippen LogP contribution >= 0.6 is 11.3 Å². The molecule has 33 heavy (non-hydrogen) atoms. The second-order valence-electron chi connectivity index (χ2n) is 7.52. The van der Waals surface area contributed by atoms with Gasteiger partial charge in [-0.05, 0) is 50.2 Å². The van der Waals surface area contributed by atoms with Gasteiger partial charge in [0.05, 0.1) is 21.5 Å². The number of hydrogen-bond donors (Lipinski definition) is 2. The third-order valence-corrected chi connectivity index (χ3v) is 6.25. The number of carbonyl (C=O) groups excluding carboxylic acids is 2. The lowest BCUT2D eigenvalue weighted by atomic mass is 10.1. The van der Waals surface area contributed by atoms with E-state index >= 15 is 0 Å². The monoisotopic (exact) mass is 459 g/mol. The molecule has 0 spiro atoms. The average Bonchev–Trinajstić information content (AvgIpc) is 3.16. The summed E-state index contributed by atoms with van der Waals surface area (Å²) < 4.78 is 2.57. The maximum Gasteiger partial charge on any atom is 0.337 e. The summed E-state index contributed by atoms with van der Waals surface area (Å²) in [6.07, 6.45) is 0. The van der Waals surface area contributed by atoms with Gasteiger partial charge in [0.1, 0.15) is 6.04 Å². The number of nitrogens with one attached hydrogen (secondary N) is 1. The minimum absolute atomic E-state index is 0.00214. The van der Waals surface area contributed by atoms with Gasteiger partial charge in [0.25, 0.3) is 5.91 Å². The summed E-state index contributed by atoms with van der Waals surface area (Å²) in [4.78, 5) is 42.2. The Balaban J connectivity index is 1.75. The maximum absolute atomic E-state index is 13.1. The Bertz CT molecular complexity index is 1430. The highest BCUT2D eigenvalue weighted by molar-refractivity contribution is 7.16. The third kappa shape index (κ3) is 4.61. The first-order chi connectivity index (χ1) is 15.8. The molecule has 4 aromatic rings. The molecule has 7 nitrogen and oxygen atoms in total. The van der Waals surface area contributed by atoms with Crippen LogP contribution in [0.15, 0.2) is 77.8 Å². The molecule has 8 heteroatoms. The van der Waals surface area contributed by atoms with Gasteiger partial charge in [-0.3, -0.25) is 9.59 Å². The predicted molar refractivity (Wildman–Crippen MR) is 128 cm³/mol. The second-order valence-corrected chi connectivity index (χ2v) is 8.53. The number of hydrogen-bond acceptors (Lipinski definition) is 4. The molecule has 1 aromatic heterocycles. The zero-order chi connectivity index (χ0) is 23.5. The van der Waals surface area contributed by atoms with Crippen LogP contribution in [-0.2, 0) is 4.79 Å². The highest BCUT2D eigenvalue weighted by atomic mass is 32.1. The fourth-order valence-corrected chi connectivity index (χ4v) is 4.52. The number of thiazole rings is 1. The zero-order valence-corrected chi connectivity index (χ0v) is 18.8. The van der Waals surface area contributed by atoms with Gasteiger partial charge in [0.15, 0.2) is 4.80 Å². The molecular formula is C25H21N3O4S. The molecule has 1 atom stereocenters. The summed E-state index contributed by atoms with van der Waals surface area (Å²) in [5, 5.41) is 12.1. The van der Waals surface area contributed by atoms with Crippen molar-refractivity contribution in [1.82, 2.24) is 4.57 Å². The lowest BCUT2D eigenvalue weighted by molar-refractivity contribution is -0.118. The molecule has 0 aliphatic rings. The number of aromatic carboxylic acids is 1.